The van der Waals surface area contributed by atoms with Gasteiger partial charge in [-0.25, -0.2) is 0 Å². The van der Waals surface area contributed by atoms with E-state index in [9.17, 15) is 4.79 Å². The Morgan fingerprint density at radius 2 is 1.74 bits per heavy atom. The molecule has 0 aliphatic heterocycles. The van der Waals surface area contributed by atoms with E-state index in [1.165, 1.54) is 18.4 Å². The van der Waals surface area contributed by atoms with Crippen molar-refractivity contribution < 1.29 is 9.53 Å². The number of carbonyl (C=O) groups excluding carboxylic acids is 1. The van der Waals surface area contributed by atoms with Gasteiger partial charge in [-0.05, 0) is 61.5 Å². The summed E-state index contributed by atoms with van der Waals surface area (Å²) in [5, 5.41) is 3.72. The number of ether oxygens (including phenoxy) is 1. The molecule has 0 aromatic heterocycles. The molecule has 4 rings (SSSR count). The highest BCUT2D eigenvalue weighted by molar-refractivity contribution is 5.77. The maximum atomic E-state index is 12.1. The van der Waals surface area contributed by atoms with Crippen molar-refractivity contribution in [3.63, 3.8) is 0 Å². The molecule has 0 heterocycles. The molecule has 126 valence electrons. The molecule has 3 aliphatic carbocycles. The van der Waals surface area contributed by atoms with Crippen LogP contribution >= 0.6 is 0 Å². The van der Waals surface area contributed by atoms with E-state index in [-0.39, 0.29) is 11.4 Å². The van der Waals surface area contributed by atoms with Gasteiger partial charge in [0.1, 0.15) is 0 Å². The monoisotopic (exact) mass is 315 g/mol. The van der Waals surface area contributed by atoms with Crippen molar-refractivity contribution in [2.24, 2.45) is 10.8 Å². The number of methoxy groups -OCH3 is 1. The Kier molecular flexibility index (Phi) is 4.39. The third-order valence-corrected chi connectivity index (χ3v) is 6.26. The van der Waals surface area contributed by atoms with Gasteiger partial charge in [-0.1, -0.05) is 32.0 Å². The number of hydrogen-bond acceptors (Lipinski definition) is 3. The lowest BCUT2D eigenvalue weighted by Gasteiger charge is -2.52. The zero-order valence-corrected chi connectivity index (χ0v) is 14.7. The smallest absolute Gasteiger partial charge is 0.311 e. The van der Waals surface area contributed by atoms with E-state index in [0.717, 1.165) is 45.1 Å². The molecular formula is C20H29NO2. The summed E-state index contributed by atoms with van der Waals surface area (Å²) in [6.45, 7) is 5.50. The van der Waals surface area contributed by atoms with Crippen LogP contribution < -0.4 is 5.32 Å². The first-order valence-electron chi connectivity index (χ1n) is 8.92. The minimum Gasteiger partial charge on any atom is -0.469 e. The summed E-state index contributed by atoms with van der Waals surface area (Å²) >= 11 is 0. The molecular weight excluding hydrogens is 286 g/mol. The molecule has 1 N–H and O–H groups in total. The summed E-state index contributed by atoms with van der Waals surface area (Å²) in [4.78, 5) is 12.1. The maximum Gasteiger partial charge on any atom is 0.311 e. The molecule has 23 heavy (non-hydrogen) atoms. The highest BCUT2D eigenvalue weighted by atomic mass is 16.5. The van der Waals surface area contributed by atoms with Crippen molar-refractivity contribution in [1.82, 2.24) is 0 Å². The summed E-state index contributed by atoms with van der Waals surface area (Å²) in [7, 11) is 1.53. The number of esters is 1. The van der Waals surface area contributed by atoms with E-state index in [1.54, 1.807) is 0 Å². The van der Waals surface area contributed by atoms with Crippen LogP contribution in [0, 0.1) is 10.8 Å². The highest BCUT2D eigenvalue weighted by Gasteiger charge is 2.52. The first-order chi connectivity index (χ1) is 11.0. The van der Waals surface area contributed by atoms with Crippen LogP contribution in [0.25, 0.3) is 0 Å². The first-order valence-corrected chi connectivity index (χ1v) is 8.92. The molecule has 0 spiro atoms. The van der Waals surface area contributed by atoms with Gasteiger partial charge in [0.2, 0.25) is 0 Å². The number of anilines is 1. The van der Waals surface area contributed by atoms with Crippen LogP contribution in [0.4, 0.5) is 5.69 Å². The predicted octanol–water partition coefficient (Wildman–Crippen LogP) is 4.74. The number of carbonyl (C=O) groups is 1. The van der Waals surface area contributed by atoms with Gasteiger partial charge in [0.05, 0.1) is 12.5 Å². The number of benzene rings is 1. The van der Waals surface area contributed by atoms with Crippen molar-refractivity contribution in [3.8, 4) is 0 Å². The second-order valence-electron chi connectivity index (χ2n) is 7.87. The van der Waals surface area contributed by atoms with E-state index in [4.69, 9.17) is 4.74 Å². The predicted molar refractivity (Wildman–Crippen MR) is 93.6 cm³/mol. The number of fused-ring (bicyclic) bond motifs is 3. The molecule has 2 bridgehead atoms. The molecule has 0 radical (unpaired) electrons. The fourth-order valence-corrected chi connectivity index (χ4v) is 4.50. The molecule has 0 unspecified atom stereocenters. The standard InChI is InChI=1S/C20H29NO2/c1-15(2)16-6-4-5-7-17(16)21-14-19-8-11-20(12-9-19,13-10-19)18(22)23-3/h4-7,15,21H,8-14H2,1-3H3. The fraction of sp³-hybridized carbons (Fsp3) is 0.650. The normalized spacial score (nSPS) is 29.6. The van der Waals surface area contributed by atoms with Gasteiger partial charge >= 0.3 is 5.97 Å². The lowest BCUT2D eigenvalue weighted by molar-refractivity contribution is -0.162. The average Bonchev–Trinajstić information content (AvgIpc) is 2.61. The fourth-order valence-electron chi connectivity index (χ4n) is 4.50. The highest BCUT2D eigenvalue weighted by Crippen LogP contribution is 2.57. The Balaban J connectivity index is 1.66. The molecule has 0 atom stereocenters. The number of rotatable bonds is 5. The Bertz CT molecular complexity index is 554. The van der Waals surface area contributed by atoms with Crippen LogP contribution in [-0.4, -0.2) is 19.6 Å². The van der Waals surface area contributed by atoms with Gasteiger partial charge in [-0.15, -0.1) is 0 Å². The minimum atomic E-state index is -0.174. The Labute approximate surface area is 139 Å². The molecule has 0 saturated heterocycles. The van der Waals surface area contributed by atoms with Crippen molar-refractivity contribution >= 4 is 11.7 Å². The van der Waals surface area contributed by atoms with Gasteiger partial charge in [-0.2, -0.15) is 0 Å². The summed E-state index contributed by atoms with van der Waals surface area (Å²) in [5.41, 5.74) is 2.85. The molecule has 1 aromatic carbocycles. The summed E-state index contributed by atoms with van der Waals surface area (Å²) in [5.74, 6) is 0.546. The molecule has 3 nitrogen and oxygen atoms in total. The SMILES string of the molecule is COC(=O)C12CCC(CNc3ccccc3C(C)C)(CC1)CC2. The van der Waals surface area contributed by atoms with Crippen LogP contribution in [-0.2, 0) is 9.53 Å². The summed E-state index contributed by atoms with van der Waals surface area (Å²) in [6, 6.07) is 8.63. The molecule has 3 heteroatoms. The lowest BCUT2D eigenvalue weighted by Crippen LogP contribution is -2.48. The van der Waals surface area contributed by atoms with E-state index in [1.807, 2.05) is 0 Å². The molecule has 3 fully saturated rings. The third kappa shape index (κ3) is 2.98. The van der Waals surface area contributed by atoms with Gasteiger partial charge in [0.15, 0.2) is 0 Å². The zero-order chi connectivity index (χ0) is 16.5. The van der Waals surface area contributed by atoms with E-state index in [2.05, 4.69) is 43.4 Å². The minimum absolute atomic E-state index is 0.0175. The second kappa shape index (κ2) is 6.18. The quantitative estimate of drug-likeness (QED) is 0.798. The molecule has 3 aliphatic rings. The summed E-state index contributed by atoms with van der Waals surface area (Å²) in [6.07, 6.45) is 6.39. The van der Waals surface area contributed by atoms with Crippen molar-refractivity contribution in [2.45, 2.75) is 58.3 Å². The number of para-hydroxylation sites is 1. The van der Waals surface area contributed by atoms with Crippen molar-refractivity contribution in [3.05, 3.63) is 29.8 Å². The number of hydrogen-bond donors (Lipinski definition) is 1. The Morgan fingerprint density at radius 3 is 2.30 bits per heavy atom. The van der Waals surface area contributed by atoms with Gasteiger partial charge in [-0.3, -0.25) is 4.79 Å². The zero-order valence-electron chi connectivity index (χ0n) is 14.7. The summed E-state index contributed by atoms with van der Waals surface area (Å²) < 4.78 is 5.06. The second-order valence-corrected chi connectivity index (χ2v) is 7.87. The van der Waals surface area contributed by atoms with Crippen LogP contribution in [0.1, 0.15) is 63.9 Å². The van der Waals surface area contributed by atoms with Crippen LogP contribution in [0.2, 0.25) is 0 Å². The van der Waals surface area contributed by atoms with Crippen molar-refractivity contribution in [2.75, 3.05) is 19.0 Å². The van der Waals surface area contributed by atoms with Crippen LogP contribution in [0.15, 0.2) is 24.3 Å². The Hall–Kier alpha value is -1.51. The molecule has 1 aromatic rings. The largest absolute Gasteiger partial charge is 0.469 e. The first kappa shape index (κ1) is 16.4. The molecule has 0 amide bonds. The van der Waals surface area contributed by atoms with Gasteiger partial charge in [0, 0.05) is 12.2 Å². The van der Waals surface area contributed by atoms with E-state index < -0.39 is 0 Å². The van der Waals surface area contributed by atoms with Gasteiger partial charge in [0.25, 0.3) is 0 Å². The number of nitrogens with one attached hydrogen (secondary N) is 1. The Morgan fingerprint density at radius 1 is 1.13 bits per heavy atom. The van der Waals surface area contributed by atoms with E-state index in [0.29, 0.717) is 11.3 Å². The average molecular weight is 315 g/mol. The van der Waals surface area contributed by atoms with Crippen LogP contribution in [0.5, 0.6) is 0 Å². The van der Waals surface area contributed by atoms with Crippen molar-refractivity contribution in [1.29, 1.82) is 0 Å². The topological polar surface area (TPSA) is 38.3 Å². The maximum absolute atomic E-state index is 12.1. The van der Waals surface area contributed by atoms with Crippen LogP contribution in [0.3, 0.4) is 0 Å². The lowest BCUT2D eigenvalue weighted by atomic mass is 9.53. The third-order valence-electron chi connectivity index (χ3n) is 6.26. The van der Waals surface area contributed by atoms with Gasteiger partial charge < -0.3 is 10.1 Å². The van der Waals surface area contributed by atoms with E-state index >= 15 is 0 Å². The molecule has 3 saturated carbocycles.